The molecule has 0 saturated heterocycles. The van der Waals surface area contributed by atoms with Gasteiger partial charge in [0.1, 0.15) is 5.82 Å². The van der Waals surface area contributed by atoms with Gasteiger partial charge in [-0.3, -0.25) is 29.0 Å². The number of carbonyl (C=O) groups is 1. The summed E-state index contributed by atoms with van der Waals surface area (Å²) in [4.78, 5) is 45.9. The molecule has 0 aliphatic carbocycles. The van der Waals surface area contributed by atoms with Gasteiger partial charge < -0.3 is 10.5 Å². The monoisotopic (exact) mass is 437 g/mol. The third-order valence-corrected chi connectivity index (χ3v) is 5.07. The highest BCUT2D eigenvalue weighted by atomic mass is 16.5. The maximum atomic E-state index is 13.1. The topological polar surface area (TPSA) is 123 Å². The van der Waals surface area contributed by atoms with E-state index in [9.17, 15) is 14.4 Å². The SMILES string of the molecule is CCCCn1c(N)c(N(CCOC)C(=O)/C=C/c2cccc3cccnc23)c(=O)[nH]c1=O. The molecular weight excluding hydrogens is 410 g/mol. The summed E-state index contributed by atoms with van der Waals surface area (Å²) in [5.74, 6) is -0.509. The lowest BCUT2D eigenvalue weighted by atomic mass is 10.1. The Hall–Kier alpha value is -3.72. The van der Waals surface area contributed by atoms with E-state index in [4.69, 9.17) is 10.5 Å². The maximum absolute atomic E-state index is 13.1. The number of hydrogen-bond acceptors (Lipinski definition) is 6. The van der Waals surface area contributed by atoms with Crippen LogP contribution in [-0.4, -0.2) is 40.7 Å². The summed E-state index contributed by atoms with van der Waals surface area (Å²) in [5, 5.41) is 0.946. The normalized spacial score (nSPS) is 11.3. The van der Waals surface area contributed by atoms with Crippen LogP contribution in [0.2, 0.25) is 0 Å². The van der Waals surface area contributed by atoms with Gasteiger partial charge in [0.2, 0.25) is 0 Å². The molecule has 0 aliphatic heterocycles. The van der Waals surface area contributed by atoms with E-state index in [0.29, 0.717) is 13.0 Å². The van der Waals surface area contributed by atoms with Crippen LogP contribution in [0.5, 0.6) is 0 Å². The largest absolute Gasteiger partial charge is 0.383 e. The summed E-state index contributed by atoms with van der Waals surface area (Å²) in [6, 6.07) is 9.45. The molecule has 1 aromatic carbocycles. The van der Waals surface area contributed by atoms with Crippen LogP contribution in [-0.2, 0) is 16.1 Å². The lowest BCUT2D eigenvalue weighted by Crippen LogP contribution is -2.42. The van der Waals surface area contributed by atoms with Crippen molar-refractivity contribution in [1.82, 2.24) is 14.5 Å². The van der Waals surface area contributed by atoms with Gasteiger partial charge in [0, 0.05) is 43.4 Å². The number of para-hydroxylation sites is 1. The number of amides is 1. The number of ether oxygens (including phenoxy) is 1. The molecular formula is C23H27N5O4. The minimum Gasteiger partial charge on any atom is -0.383 e. The molecule has 0 fully saturated rings. The molecule has 0 saturated carbocycles. The first-order chi connectivity index (χ1) is 15.5. The second-order valence-electron chi connectivity index (χ2n) is 7.24. The molecule has 168 valence electrons. The van der Waals surface area contributed by atoms with Gasteiger partial charge in [-0.25, -0.2) is 4.79 Å². The summed E-state index contributed by atoms with van der Waals surface area (Å²) in [7, 11) is 1.50. The molecule has 2 heterocycles. The molecule has 2 aromatic heterocycles. The number of hydrogen-bond donors (Lipinski definition) is 2. The van der Waals surface area contributed by atoms with Gasteiger partial charge in [0.05, 0.1) is 12.1 Å². The van der Waals surface area contributed by atoms with E-state index in [-0.39, 0.29) is 24.7 Å². The van der Waals surface area contributed by atoms with Gasteiger partial charge in [-0.2, -0.15) is 0 Å². The molecule has 0 atom stereocenters. The first kappa shape index (κ1) is 23.0. The fourth-order valence-corrected chi connectivity index (χ4v) is 3.40. The third-order valence-electron chi connectivity index (χ3n) is 5.07. The van der Waals surface area contributed by atoms with Crippen molar-refractivity contribution in [3.63, 3.8) is 0 Å². The number of H-pyrrole nitrogens is 1. The van der Waals surface area contributed by atoms with Crippen LogP contribution in [0.3, 0.4) is 0 Å². The molecule has 9 nitrogen and oxygen atoms in total. The van der Waals surface area contributed by atoms with E-state index < -0.39 is 17.2 Å². The number of aromatic nitrogens is 3. The van der Waals surface area contributed by atoms with Gasteiger partial charge in [-0.05, 0) is 18.6 Å². The average Bonchev–Trinajstić information content (AvgIpc) is 2.79. The van der Waals surface area contributed by atoms with E-state index >= 15 is 0 Å². The number of carbonyl (C=O) groups excluding carboxylic acids is 1. The van der Waals surface area contributed by atoms with Crippen LogP contribution in [0.15, 0.2) is 52.2 Å². The van der Waals surface area contributed by atoms with Crippen LogP contribution in [0.25, 0.3) is 17.0 Å². The summed E-state index contributed by atoms with van der Waals surface area (Å²) in [5.41, 5.74) is 6.33. The molecule has 0 aliphatic rings. The predicted molar refractivity (Wildman–Crippen MR) is 126 cm³/mol. The Balaban J connectivity index is 2.01. The Bertz CT molecular complexity index is 1240. The minimum absolute atomic E-state index is 0.0446. The molecule has 3 aromatic rings. The van der Waals surface area contributed by atoms with E-state index in [1.807, 2.05) is 37.3 Å². The van der Waals surface area contributed by atoms with Crippen molar-refractivity contribution in [2.24, 2.45) is 0 Å². The molecule has 3 N–H and O–H groups in total. The van der Waals surface area contributed by atoms with Crippen molar-refractivity contribution in [3.05, 3.63) is 69.0 Å². The average molecular weight is 438 g/mol. The smallest absolute Gasteiger partial charge is 0.330 e. The summed E-state index contributed by atoms with van der Waals surface area (Å²) in [6.07, 6.45) is 6.24. The first-order valence-corrected chi connectivity index (χ1v) is 10.4. The predicted octanol–water partition coefficient (Wildman–Crippen LogP) is 2.16. The van der Waals surface area contributed by atoms with Gasteiger partial charge in [0.15, 0.2) is 5.69 Å². The number of nitrogens with one attached hydrogen (secondary N) is 1. The van der Waals surface area contributed by atoms with Gasteiger partial charge in [-0.1, -0.05) is 37.6 Å². The standard InChI is InChI=1S/C23H27N5O4/c1-3-4-13-28-21(24)20(22(30)26-23(28)31)27(14-15-32-2)18(29)11-10-17-8-5-7-16-9-6-12-25-19(16)17/h5-12H,3-4,13-15,24H2,1-2H3,(H,26,30,31)/b11-10+. The molecule has 0 radical (unpaired) electrons. The number of rotatable bonds is 9. The maximum Gasteiger partial charge on any atom is 0.330 e. The number of anilines is 2. The van der Waals surface area contributed by atoms with E-state index in [2.05, 4.69) is 9.97 Å². The number of aromatic amines is 1. The first-order valence-electron chi connectivity index (χ1n) is 10.4. The van der Waals surface area contributed by atoms with Crippen molar-refractivity contribution >= 4 is 34.4 Å². The van der Waals surface area contributed by atoms with Crippen LogP contribution in [0, 0.1) is 0 Å². The number of nitrogen functional groups attached to an aromatic ring is 1. The van der Waals surface area contributed by atoms with Gasteiger partial charge >= 0.3 is 5.69 Å². The zero-order valence-corrected chi connectivity index (χ0v) is 18.2. The zero-order valence-electron chi connectivity index (χ0n) is 18.2. The highest BCUT2D eigenvalue weighted by Crippen LogP contribution is 2.20. The van der Waals surface area contributed by atoms with E-state index in [1.54, 1.807) is 12.3 Å². The summed E-state index contributed by atoms with van der Waals surface area (Å²) < 4.78 is 6.40. The Morgan fingerprint density at radius 1 is 1.28 bits per heavy atom. The molecule has 1 amide bonds. The van der Waals surface area contributed by atoms with Crippen molar-refractivity contribution in [3.8, 4) is 0 Å². The molecule has 0 unspecified atom stereocenters. The number of nitrogens with two attached hydrogens (primary N) is 1. The molecule has 0 spiro atoms. The Morgan fingerprint density at radius 2 is 2.06 bits per heavy atom. The van der Waals surface area contributed by atoms with Crippen LogP contribution >= 0.6 is 0 Å². The third kappa shape index (κ3) is 4.94. The fourth-order valence-electron chi connectivity index (χ4n) is 3.40. The molecule has 3 rings (SSSR count). The summed E-state index contributed by atoms with van der Waals surface area (Å²) in [6.45, 7) is 2.60. The van der Waals surface area contributed by atoms with Crippen LogP contribution in [0.4, 0.5) is 11.5 Å². The quantitative estimate of drug-likeness (QED) is 0.495. The number of fused-ring (bicyclic) bond motifs is 1. The molecule has 9 heteroatoms. The number of unbranched alkanes of at least 4 members (excludes halogenated alkanes) is 1. The Labute approximate surface area is 185 Å². The van der Waals surface area contributed by atoms with Crippen LogP contribution < -0.4 is 21.9 Å². The Kier molecular flexibility index (Phi) is 7.56. The summed E-state index contributed by atoms with van der Waals surface area (Å²) >= 11 is 0. The van der Waals surface area contributed by atoms with Gasteiger partial charge in [-0.15, -0.1) is 0 Å². The number of nitrogens with zero attached hydrogens (tertiary/aromatic N) is 3. The fraction of sp³-hybridized carbons (Fsp3) is 0.304. The second-order valence-corrected chi connectivity index (χ2v) is 7.24. The number of benzene rings is 1. The van der Waals surface area contributed by atoms with Crippen molar-refractivity contribution in [1.29, 1.82) is 0 Å². The lowest BCUT2D eigenvalue weighted by Gasteiger charge is -2.23. The highest BCUT2D eigenvalue weighted by molar-refractivity contribution is 6.06. The highest BCUT2D eigenvalue weighted by Gasteiger charge is 2.22. The van der Waals surface area contributed by atoms with Gasteiger partial charge in [0.25, 0.3) is 11.5 Å². The second kappa shape index (κ2) is 10.5. The van der Waals surface area contributed by atoms with Crippen molar-refractivity contribution < 1.29 is 9.53 Å². The lowest BCUT2D eigenvalue weighted by molar-refractivity contribution is -0.114. The molecule has 32 heavy (non-hydrogen) atoms. The molecule has 0 bridgehead atoms. The van der Waals surface area contributed by atoms with E-state index in [0.717, 1.165) is 22.9 Å². The minimum atomic E-state index is -0.718. The van der Waals surface area contributed by atoms with Crippen LogP contribution in [0.1, 0.15) is 25.3 Å². The van der Waals surface area contributed by atoms with Crippen molar-refractivity contribution in [2.45, 2.75) is 26.3 Å². The number of pyridine rings is 1. The van der Waals surface area contributed by atoms with E-state index in [1.165, 1.54) is 22.7 Å². The Morgan fingerprint density at radius 3 is 2.81 bits per heavy atom. The van der Waals surface area contributed by atoms with Crippen molar-refractivity contribution in [2.75, 3.05) is 30.9 Å². The zero-order chi connectivity index (χ0) is 23.1. The number of methoxy groups -OCH3 is 1.